The minimum absolute atomic E-state index is 0.00872. The highest BCUT2D eigenvalue weighted by atomic mass is 32.1. The third-order valence-electron chi connectivity index (χ3n) is 3.20. The molecule has 3 nitrogen and oxygen atoms in total. The highest BCUT2D eigenvalue weighted by Gasteiger charge is 2.48. The van der Waals surface area contributed by atoms with Crippen molar-refractivity contribution in [1.82, 2.24) is 10.6 Å². The van der Waals surface area contributed by atoms with Gasteiger partial charge in [-0.1, -0.05) is 6.07 Å². The van der Waals surface area contributed by atoms with Gasteiger partial charge in [0.1, 0.15) is 0 Å². The molecule has 1 saturated heterocycles. The number of nitrogens with one attached hydrogen (secondary N) is 3. The van der Waals surface area contributed by atoms with Crippen LogP contribution in [-0.4, -0.2) is 24.6 Å². The normalized spacial score (nSPS) is 23.6. The van der Waals surface area contributed by atoms with Crippen molar-refractivity contribution in [3.63, 3.8) is 0 Å². The first kappa shape index (κ1) is 14.3. The van der Waals surface area contributed by atoms with E-state index in [1.807, 2.05) is 17.5 Å². The highest BCUT2D eigenvalue weighted by Crippen LogP contribution is 2.35. The molecule has 2 heterocycles. The molecule has 1 aliphatic heterocycles. The lowest BCUT2D eigenvalue weighted by Crippen LogP contribution is -2.38. The van der Waals surface area contributed by atoms with E-state index in [9.17, 15) is 13.2 Å². The van der Waals surface area contributed by atoms with Crippen molar-refractivity contribution < 1.29 is 13.2 Å². The molecule has 0 aliphatic carbocycles. The lowest BCUT2D eigenvalue weighted by Gasteiger charge is -2.21. The summed E-state index contributed by atoms with van der Waals surface area (Å²) in [5.74, 6) is -1.44. The maximum absolute atomic E-state index is 12.8. The molecule has 0 unspecified atom stereocenters. The first-order valence-electron chi connectivity index (χ1n) is 6.10. The van der Waals surface area contributed by atoms with Gasteiger partial charge in [-0.25, -0.2) is 0 Å². The van der Waals surface area contributed by atoms with Crippen molar-refractivity contribution in [2.45, 2.75) is 31.6 Å². The Morgan fingerprint density at radius 3 is 2.89 bits per heavy atom. The van der Waals surface area contributed by atoms with Crippen LogP contribution in [0, 0.1) is 11.3 Å². The molecule has 106 valence electrons. The lowest BCUT2D eigenvalue weighted by atomic mass is 9.97. The van der Waals surface area contributed by atoms with Crippen molar-refractivity contribution in [2.24, 2.45) is 5.92 Å². The van der Waals surface area contributed by atoms with E-state index in [0.717, 1.165) is 0 Å². The maximum atomic E-state index is 12.8. The smallest absolute Gasteiger partial charge is 0.371 e. The fourth-order valence-corrected chi connectivity index (χ4v) is 2.92. The summed E-state index contributed by atoms with van der Waals surface area (Å²) in [6.45, 7) is 1.19. The van der Waals surface area contributed by atoms with E-state index < -0.39 is 18.1 Å². The fraction of sp³-hybridized carbons (Fsp3) is 0.583. The molecule has 0 bridgehead atoms. The minimum Gasteiger partial charge on any atom is -0.371 e. The second-order valence-electron chi connectivity index (χ2n) is 4.63. The molecule has 2 atom stereocenters. The van der Waals surface area contributed by atoms with Gasteiger partial charge in [-0.2, -0.15) is 13.2 Å². The van der Waals surface area contributed by atoms with Gasteiger partial charge in [0.25, 0.3) is 0 Å². The van der Waals surface area contributed by atoms with Crippen LogP contribution in [0.15, 0.2) is 17.5 Å². The standard InChI is InChI=1S/C12H16F3N3S/c13-12(14,15)9-6-11(16)18-10(9)3-4-17-7-8-2-1-5-19-8/h1-2,5,9-10,17H,3-4,6-7H2,(H2,16,18)/t9-,10-/m1/s1. The molecular weight excluding hydrogens is 275 g/mol. The Labute approximate surface area is 113 Å². The topological polar surface area (TPSA) is 47.9 Å². The Bertz CT molecular complexity index is 416. The van der Waals surface area contributed by atoms with Crippen molar-refractivity contribution in [1.29, 1.82) is 5.41 Å². The van der Waals surface area contributed by atoms with E-state index in [-0.39, 0.29) is 12.3 Å². The number of thiophene rings is 1. The van der Waals surface area contributed by atoms with E-state index in [1.165, 1.54) is 4.88 Å². The van der Waals surface area contributed by atoms with Gasteiger partial charge in [-0.3, -0.25) is 5.41 Å². The predicted octanol–water partition coefficient (Wildman–Crippen LogP) is 2.75. The molecular formula is C12H16F3N3S. The van der Waals surface area contributed by atoms with Crippen LogP contribution in [0.25, 0.3) is 0 Å². The van der Waals surface area contributed by atoms with E-state index in [2.05, 4.69) is 10.6 Å². The first-order valence-corrected chi connectivity index (χ1v) is 6.98. The molecule has 0 spiro atoms. The fourth-order valence-electron chi connectivity index (χ4n) is 2.25. The summed E-state index contributed by atoms with van der Waals surface area (Å²) in [7, 11) is 0. The average Bonchev–Trinajstić information content (AvgIpc) is 2.93. The van der Waals surface area contributed by atoms with Gasteiger partial charge in [0.15, 0.2) is 0 Å². The molecule has 0 aromatic carbocycles. The van der Waals surface area contributed by atoms with Crippen LogP contribution in [0.1, 0.15) is 17.7 Å². The monoisotopic (exact) mass is 291 g/mol. The Kier molecular flexibility index (Phi) is 4.46. The zero-order chi connectivity index (χ0) is 13.9. The zero-order valence-electron chi connectivity index (χ0n) is 10.3. The summed E-state index contributed by atoms with van der Waals surface area (Å²) in [6.07, 6.45) is -4.08. The van der Waals surface area contributed by atoms with Gasteiger partial charge in [0.2, 0.25) is 0 Å². The van der Waals surface area contributed by atoms with Gasteiger partial charge in [-0.05, 0) is 24.4 Å². The summed E-state index contributed by atoms with van der Waals surface area (Å²) in [4.78, 5) is 1.17. The van der Waals surface area contributed by atoms with Crippen LogP contribution in [0.4, 0.5) is 13.2 Å². The summed E-state index contributed by atoms with van der Waals surface area (Å²) in [6, 6.07) is 3.25. The first-order chi connectivity index (χ1) is 8.97. The third kappa shape index (κ3) is 3.94. The van der Waals surface area contributed by atoms with Gasteiger partial charge in [0.05, 0.1) is 11.8 Å². The van der Waals surface area contributed by atoms with Gasteiger partial charge >= 0.3 is 6.18 Å². The van der Waals surface area contributed by atoms with E-state index in [0.29, 0.717) is 19.5 Å². The van der Waals surface area contributed by atoms with Crippen molar-refractivity contribution in [2.75, 3.05) is 6.54 Å². The van der Waals surface area contributed by atoms with Crippen LogP contribution in [0.3, 0.4) is 0 Å². The largest absolute Gasteiger partial charge is 0.394 e. The summed E-state index contributed by atoms with van der Waals surface area (Å²) < 4.78 is 38.3. The lowest BCUT2D eigenvalue weighted by molar-refractivity contribution is -0.176. The Balaban J connectivity index is 1.76. The number of rotatable bonds is 5. The van der Waals surface area contributed by atoms with Crippen molar-refractivity contribution in [3.8, 4) is 0 Å². The zero-order valence-corrected chi connectivity index (χ0v) is 11.1. The van der Waals surface area contributed by atoms with Gasteiger partial charge in [-0.15, -0.1) is 11.3 Å². The van der Waals surface area contributed by atoms with Gasteiger partial charge in [0, 0.05) is 23.9 Å². The van der Waals surface area contributed by atoms with Crippen LogP contribution in [-0.2, 0) is 6.54 Å². The molecule has 1 aliphatic rings. The number of amidine groups is 1. The van der Waals surface area contributed by atoms with E-state index >= 15 is 0 Å². The van der Waals surface area contributed by atoms with Crippen molar-refractivity contribution >= 4 is 17.2 Å². The van der Waals surface area contributed by atoms with Crippen LogP contribution in [0.5, 0.6) is 0 Å². The Hall–Kier alpha value is -1.08. The maximum Gasteiger partial charge on any atom is 0.394 e. The Morgan fingerprint density at radius 2 is 2.26 bits per heavy atom. The molecule has 19 heavy (non-hydrogen) atoms. The number of halogens is 3. The summed E-state index contributed by atoms with van der Waals surface area (Å²) in [5.41, 5.74) is 0. The van der Waals surface area contributed by atoms with E-state index in [1.54, 1.807) is 11.3 Å². The highest BCUT2D eigenvalue weighted by molar-refractivity contribution is 7.09. The van der Waals surface area contributed by atoms with Crippen LogP contribution >= 0.6 is 11.3 Å². The third-order valence-corrected chi connectivity index (χ3v) is 4.08. The molecule has 0 radical (unpaired) electrons. The molecule has 0 amide bonds. The Morgan fingerprint density at radius 1 is 1.47 bits per heavy atom. The molecule has 1 aromatic rings. The quantitative estimate of drug-likeness (QED) is 0.731. The summed E-state index contributed by atoms with van der Waals surface area (Å²) in [5, 5.41) is 15.1. The number of hydrogen-bond acceptors (Lipinski definition) is 3. The van der Waals surface area contributed by atoms with Crippen LogP contribution in [0.2, 0.25) is 0 Å². The van der Waals surface area contributed by atoms with E-state index in [4.69, 9.17) is 5.41 Å². The van der Waals surface area contributed by atoms with Gasteiger partial charge < -0.3 is 10.6 Å². The minimum atomic E-state index is -4.23. The molecule has 1 fully saturated rings. The second-order valence-corrected chi connectivity index (χ2v) is 5.66. The number of alkyl halides is 3. The van der Waals surface area contributed by atoms with Crippen molar-refractivity contribution in [3.05, 3.63) is 22.4 Å². The number of hydrogen-bond donors (Lipinski definition) is 3. The average molecular weight is 291 g/mol. The molecule has 3 N–H and O–H groups in total. The predicted molar refractivity (Wildman–Crippen MR) is 69.5 cm³/mol. The second kappa shape index (κ2) is 5.92. The molecule has 1 aromatic heterocycles. The summed E-state index contributed by atoms with van der Waals surface area (Å²) >= 11 is 1.62. The molecule has 7 heteroatoms. The molecule has 2 rings (SSSR count). The molecule has 0 saturated carbocycles. The SMILES string of the molecule is N=C1C[C@@H](C(F)(F)F)[C@@H](CCNCc2cccs2)N1. The van der Waals surface area contributed by atoms with Crippen LogP contribution < -0.4 is 10.6 Å².